The Hall–Kier alpha value is -0.610. The van der Waals surface area contributed by atoms with Crippen molar-refractivity contribution < 1.29 is 9.90 Å². The summed E-state index contributed by atoms with van der Waals surface area (Å²) in [4.78, 5) is 14.0. The van der Waals surface area contributed by atoms with Crippen LogP contribution in [0.1, 0.15) is 60.3 Å². The van der Waals surface area contributed by atoms with Crippen molar-refractivity contribution in [3.8, 4) is 0 Å². The van der Waals surface area contributed by atoms with E-state index in [0.717, 1.165) is 38.9 Å². The monoisotopic (exact) mass is 298 g/mol. The molecule has 0 aromatic carbocycles. The van der Waals surface area contributed by atoms with Crippen molar-refractivity contribution >= 4 is 5.91 Å². The first-order chi connectivity index (χ1) is 9.75. The fourth-order valence-corrected chi connectivity index (χ4v) is 2.95. The number of aliphatic hydroxyl groups excluding tert-OH is 1. The molecule has 0 aliphatic carbocycles. The van der Waals surface area contributed by atoms with Gasteiger partial charge in [-0.3, -0.25) is 4.79 Å². The summed E-state index contributed by atoms with van der Waals surface area (Å²) in [5, 5.41) is 13.5. The molecule has 0 aromatic heterocycles. The number of aliphatic hydroxyl groups is 1. The molecule has 0 saturated carbocycles. The molecular formula is C17H34N2O2. The number of rotatable bonds is 6. The maximum atomic E-state index is 12.1. The standard InChI is InChI=1S/C17H34N2O2/c1-6-15(20)9-13-8-14(18-12-17(3,4)5)11-19(10-13)16(21)7-2/h13-15,18,20H,6-12H2,1-5H3. The minimum atomic E-state index is -0.241. The van der Waals surface area contributed by atoms with Crippen LogP contribution in [0.5, 0.6) is 0 Å². The van der Waals surface area contributed by atoms with E-state index in [2.05, 4.69) is 26.1 Å². The van der Waals surface area contributed by atoms with E-state index in [0.29, 0.717) is 18.4 Å². The predicted molar refractivity (Wildman–Crippen MR) is 87.1 cm³/mol. The van der Waals surface area contributed by atoms with Gasteiger partial charge in [-0.1, -0.05) is 34.6 Å². The number of piperidine rings is 1. The zero-order chi connectivity index (χ0) is 16.0. The molecule has 1 aliphatic heterocycles. The number of hydrogen-bond donors (Lipinski definition) is 2. The van der Waals surface area contributed by atoms with Crippen molar-refractivity contribution in [2.24, 2.45) is 11.3 Å². The molecule has 4 nitrogen and oxygen atoms in total. The lowest BCUT2D eigenvalue weighted by molar-refractivity contribution is -0.133. The van der Waals surface area contributed by atoms with Gasteiger partial charge in [0.2, 0.25) is 5.91 Å². The van der Waals surface area contributed by atoms with Crippen LogP contribution < -0.4 is 5.32 Å². The zero-order valence-corrected chi connectivity index (χ0v) is 14.5. The Morgan fingerprint density at radius 3 is 2.52 bits per heavy atom. The average Bonchev–Trinajstić information content (AvgIpc) is 2.43. The van der Waals surface area contributed by atoms with Gasteiger partial charge in [-0.25, -0.2) is 0 Å². The molecule has 1 heterocycles. The molecular weight excluding hydrogens is 264 g/mol. The quantitative estimate of drug-likeness (QED) is 0.792. The number of hydrogen-bond acceptors (Lipinski definition) is 3. The first kappa shape index (κ1) is 18.4. The number of carbonyl (C=O) groups excluding carboxylic acids is 1. The molecule has 1 amide bonds. The van der Waals surface area contributed by atoms with Crippen molar-refractivity contribution in [1.29, 1.82) is 0 Å². The van der Waals surface area contributed by atoms with Crippen molar-refractivity contribution in [2.45, 2.75) is 72.4 Å². The van der Waals surface area contributed by atoms with E-state index >= 15 is 0 Å². The van der Waals surface area contributed by atoms with Gasteiger partial charge in [0.05, 0.1) is 6.10 Å². The molecule has 2 N–H and O–H groups in total. The highest BCUT2D eigenvalue weighted by Gasteiger charge is 2.30. The van der Waals surface area contributed by atoms with Crippen LogP contribution in [0, 0.1) is 11.3 Å². The average molecular weight is 298 g/mol. The molecule has 1 aliphatic rings. The summed E-state index contributed by atoms with van der Waals surface area (Å²) < 4.78 is 0. The molecule has 21 heavy (non-hydrogen) atoms. The van der Waals surface area contributed by atoms with Gasteiger partial charge in [-0.05, 0) is 30.6 Å². The van der Waals surface area contributed by atoms with Gasteiger partial charge in [-0.15, -0.1) is 0 Å². The summed E-state index contributed by atoms with van der Waals surface area (Å²) in [7, 11) is 0. The molecule has 4 heteroatoms. The lowest BCUT2D eigenvalue weighted by Crippen LogP contribution is -2.52. The Bertz CT molecular complexity index is 325. The molecule has 3 unspecified atom stereocenters. The van der Waals surface area contributed by atoms with E-state index in [-0.39, 0.29) is 17.4 Å². The second kappa shape index (κ2) is 8.14. The summed E-state index contributed by atoms with van der Waals surface area (Å²) in [6.45, 7) is 13.2. The van der Waals surface area contributed by atoms with Gasteiger partial charge in [0.15, 0.2) is 0 Å². The second-order valence-corrected chi connectivity index (χ2v) is 7.69. The molecule has 0 aromatic rings. The molecule has 1 rings (SSSR count). The van der Waals surface area contributed by atoms with Gasteiger partial charge in [0.25, 0.3) is 0 Å². The van der Waals surface area contributed by atoms with Gasteiger partial charge in [0, 0.05) is 32.1 Å². The van der Waals surface area contributed by atoms with E-state index in [1.165, 1.54) is 0 Å². The Morgan fingerprint density at radius 1 is 1.33 bits per heavy atom. The number of carbonyl (C=O) groups is 1. The maximum Gasteiger partial charge on any atom is 0.222 e. The lowest BCUT2D eigenvalue weighted by atomic mass is 9.88. The smallest absolute Gasteiger partial charge is 0.222 e. The van der Waals surface area contributed by atoms with E-state index in [1.54, 1.807) is 0 Å². The Balaban J connectivity index is 2.63. The van der Waals surface area contributed by atoms with Crippen LogP contribution in [0.3, 0.4) is 0 Å². The summed E-state index contributed by atoms with van der Waals surface area (Å²) in [6, 6.07) is 0.350. The molecule has 0 bridgehead atoms. The van der Waals surface area contributed by atoms with Crippen molar-refractivity contribution in [2.75, 3.05) is 19.6 Å². The minimum Gasteiger partial charge on any atom is -0.393 e. The van der Waals surface area contributed by atoms with Crippen molar-refractivity contribution in [3.05, 3.63) is 0 Å². The third-order valence-corrected chi connectivity index (χ3v) is 4.19. The van der Waals surface area contributed by atoms with Gasteiger partial charge < -0.3 is 15.3 Å². The third kappa shape index (κ3) is 6.79. The fourth-order valence-electron chi connectivity index (χ4n) is 2.95. The van der Waals surface area contributed by atoms with Gasteiger partial charge in [0.1, 0.15) is 0 Å². The molecule has 3 atom stereocenters. The Labute approximate surface area is 130 Å². The number of amides is 1. The van der Waals surface area contributed by atoms with Crippen LogP contribution in [0.2, 0.25) is 0 Å². The van der Waals surface area contributed by atoms with Crippen LogP contribution in [-0.2, 0) is 4.79 Å². The van der Waals surface area contributed by atoms with Crippen LogP contribution in [0.15, 0.2) is 0 Å². The number of nitrogens with one attached hydrogen (secondary N) is 1. The predicted octanol–water partition coefficient (Wildman–Crippen LogP) is 2.41. The molecule has 0 spiro atoms. The van der Waals surface area contributed by atoms with E-state index in [1.807, 2.05) is 18.7 Å². The molecule has 1 saturated heterocycles. The van der Waals surface area contributed by atoms with E-state index in [9.17, 15) is 9.90 Å². The highest BCUT2D eigenvalue weighted by atomic mass is 16.3. The molecule has 0 radical (unpaired) electrons. The van der Waals surface area contributed by atoms with E-state index < -0.39 is 0 Å². The van der Waals surface area contributed by atoms with Crippen LogP contribution >= 0.6 is 0 Å². The summed E-state index contributed by atoms with van der Waals surface area (Å²) in [6.07, 6.45) is 2.97. The second-order valence-electron chi connectivity index (χ2n) is 7.69. The highest BCUT2D eigenvalue weighted by molar-refractivity contribution is 5.76. The fraction of sp³-hybridized carbons (Fsp3) is 0.941. The van der Waals surface area contributed by atoms with Gasteiger partial charge in [-0.2, -0.15) is 0 Å². The number of nitrogens with zero attached hydrogens (tertiary/aromatic N) is 1. The highest BCUT2D eigenvalue weighted by Crippen LogP contribution is 2.24. The van der Waals surface area contributed by atoms with Crippen LogP contribution in [0.4, 0.5) is 0 Å². The van der Waals surface area contributed by atoms with Crippen LogP contribution in [0.25, 0.3) is 0 Å². The molecule has 1 fully saturated rings. The Kier molecular flexibility index (Phi) is 7.14. The number of likely N-dealkylation sites (tertiary alicyclic amines) is 1. The summed E-state index contributed by atoms with van der Waals surface area (Å²) in [5.41, 5.74) is 0.246. The van der Waals surface area contributed by atoms with Gasteiger partial charge >= 0.3 is 0 Å². The first-order valence-corrected chi connectivity index (χ1v) is 8.44. The Morgan fingerprint density at radius 2 is 2.00 bits per heavy atom. The largest absolute Gasteiger partial charge is 0.393 e. The third-order valence-electron chi connectivity index (χ3n) is 4.19. The van der Waals surface area contributed by atoms with Crippen molar-refractivity contribution in [3.63, 3.8) is 0 Å². The van der Waals surface area contributed by atoms with Crippen molar-refractivity contribution in [1.82, 2.24) is 10.2 Å². The SMILES string of the molecule is CCC(=O)N1CC(CC(O)CC)CC(NCC(C)(C)C)C1. The minimum absolute atomic E-state index is 0.230. The summed E-state index contributed by atoms with van der Waals surface area (Å²) >= 11 is 0. The summed E-state index contributed by atoms with van der Waals surface area (Å²) in [5.74, 6) is 0.634. The topological polar surface area (TPSA) is 52.6 Å². The maximum absolute atomic E-state index is 12.1. The lowest BCUT2D eigenvalue weighted by Gasteiger charge is -2.39. The van der Waals surface area contributed by atoms with E-state index in [4.69, 9.17) is 0 Å². The zero-order valence-electron chi connectivity index (χ0n) is 14.5. The van der Waals surface area contributed by atoms with Crippen LogP contribution in [-0.4, -0.2) is 47.7 Å². The normalized spacial score (nSPS) is 25.0. The molecule has 124 valence electrons. The first-order valence-electron chi connectivity index (χ1n) is 8.44.